The minimum Gasteiger partial charge on any atom is -0.322 e. The lowest BCUT2D eigenvalue weighted by Gasteiger charge is -2.16. The molecule has 0 aliphatic carbocycles. The molecule has 6 nitrogen and oxygen atoms in total. The van der Waals surface area contributed by atoms with E-state index in [1.165, 1.54) is 23.1 Å². The summed E-state index contributed by atoms with van der Waals surface area (Å²) < 4.78 is 14.4. The lowest BCUT2D eigenvalue weighted by atomic mass is 10.3. The number of halogens is 3. The second-order valence-corrected chi connectivity index (χ2v) is 6.61. The van der Waals surface area contributed by atoms with E-state index in [-0.39, 0.29) is 24.7 Å². The summed E-state index contributed by atoms with van der Waals surface area (Å²) in [6, 6.07) is 7.27. The van der Waals surface area contributed by atoms with Gasteiger partial charge in [-0.15, -0.1) is 0 Å². The molecule has 2 rings (SSSR count). The fraction of sp³-hybridized carbons (Fsp3) is 0.188. The van der Waals surface area contributed by atoms with E-state index in [9.17, 15) is 14.0 Å². The van der Waals surface area contributed by atoms with Gasteiger partial charge in [0.1, 0.15) is 11.6 Å². The van der Waals surface area contributed by atoms with Crippen LogP contribution in [0.5, 0.6) is 0 Å². The summed E-state index contributed by atoms with van der Waals surface area (Å²) in [7, 11) is 1.60. The van der Waals surface area contributed by atoms with Crippen LogP contribution in [-0.4, -0.2) is 41.8 Å². The van der Waals surface area contributed by atoms with Gasteiger partial charge in [-0.2, -0.15) is 0 Å². The highest BCUT2D eigenvalue weighted by Crippen LogP contribution is 2.19. The van der Waals surface area contributed by atoms with Crippen molar-refractivity contribution in [2.24, 2.45) is 0 Å². The van der Waals surface area contributed by atoms with Crippen molar-refractivity contribution in [3.05, 3.63) is 51.8 Å². The second-order valence-electron chi connectivity index (χ2n) is 5.25. The minimum atomic E-state index is -0.584. The zero-order valence-corrected chi connectivity index (χ0v) is 15.6. The maximum atomic E-state index is 13.6. The average molecular weight is 430 g/mol. The third-order valence-electron chi connectivity index (χ3n) is 3.02. The molecule has 0 saturated carbocycles. The van der Waals surface area contributed by atoms with Crippen LogP contribution in [0.2, 0.25) is 5.02 Å². The number of nitrogens with zero attached hydrogens (tertiary/aromatic N) is 2. The van der Waals surface area contributed by atoms with Gasteiger partial charge in [0, 0.05) is 15.7 Å². The Kier molecular flexibility index (Phi) is 6.86. The quantitative estimate of drug-likeness (QED) is 0.740. The number of anilines is 2. The molecular weight excluding hydrogens is 415 g/mol. The van der Waals surface area contributed by atoms with Crippen molar-refractivity contribution >= 4 is 50.9 Å². The Bertz CT molecular complexity index is 773. The summed E-state index contributed by atoms with van der Waals surface area (Å²) in [5, 5.41) is 5.35. The van der Waals surface area contributed by atoms with Crippen LogP contribution < -0.4 is 10.6 Å². The first-order valence-corrected chi connectivity index (χ1v) is 8.35. The predicted octanol–water partition coefficient (Wildman–Crippen LogP) is 3.15. The number of benzene rings is 1. The lowest BCUT2D eigenvalue weighted by molar-refractivity contribution is -0.119. The fourth-order valence-electron chi connectivity index (χ4n) is 1.96. The number of amides is 2. The zero-order valence-electron chi connectivity index (χ0n) is 13.2. The maximum absolute atomic E-state index is 13.6. The van der Waals surface area contributed by atoms with Crippen LogP contribution in [0.4, 0.5) is 15.9 Å². The molecule has 0 radical (unpaired) electrons. The molecule has 2 amide bonds. The predicted molar refractivity (Wildman–Crippen MR) is 98.1 cm³/mol. The van der Waals surface area contributed by atoms with Crippen LogP contribution in [0.15, 0.2) is 41.0 Å². The van der Waals surface area contributed by atoms with Crippen molar-refractivity contribution in [2.45, 2.75) is 0 Å². The highest BCUT2D eigenvalue weighted by Gasteiger charge is 2.13. The Morgan fingerprint density at radius 2 is 1.88 bits per heavy atom. The third kappa shape index (κ3) is 6.41. The summed E-state index contributed by atoms with van der Waals surface area (Å²) in [5.74, 6) is -0.955. The van der Waals surface area contributed by atoms with Crippen LogP contribution in [0.1, 0.15) is 0 Å². The van der Waals surface area contributed by atoms with E-state index in [1.807, 2.05) is 0 Å². The number of carbonyl (C=O) groups excluding carboxylic acids is 2. The van der Waals surface area contributed by atoms with Crippen molar-refractivity contribution < 1.29 is 14.0 Å². The Morgan fingerprint density at radius 3 is 2.52 bits per heavy atom. The monoisotopic (exact) mass is 428 g/mol. The van der Waals surface area contributed by atoms with Crippen molar-refractivity contribution in [2.75, 3.05) is 30.8 Å². The van der Waals surface area contributed by atoms with Gasteiger partial charge in [0.15, 0.2) is 0 Å². The number of likely N-dealkylation sites (N-methyl/N-ethyl adjacent to an activating group) is 1. The first-order valence-electron chi connectivity index (χ1n) is 7.18. The number of rotatable bonds is 6. The van der Waals surface area contributed by atoms with E-state index < -0.39 is 11.7 Å². The van der Waals surface area contributed by atoms with Crippen LogP contribution in [0, 0.1) is 5.82 Å². The summed E-state index contributed by atoms with van der Waals surface area (Å²) in [5.41, 5.74) is -0.00517. The zero-order chi connectivity index (χ0) is 18.4. The lowest BCUT2D eigenvalue weighted by Crippen LogP contribution is -2.36. The summed E-state index contributed by atoms with van der Waals surface area (Å²) in [4.78, 5) is 29.4. The smallest absolute Gasteiger partial charge is 0.239 e. The average Bonchev–Trinajstić information content (AvgIpc) is 2.52. The molecule has 0 aliphatic heterocycles. The Labute approximate surface area is 157 Å². The number of hydrogen-bond donors (Lipinski definition) is 2. The molecule has 9 heteroatoms. The van der Waals surface area contributed by atoms with Gasteiger partial charge in [-0.1, -0.05) is 11.6 Å². The van der Waals surface area contributed by atoms with Gasteiger partial charge in [-0.3, -0.25) is 14.5 Å². The molecule has 0 saturated heterocycles. The molecule has 0 fully saturated rings. The Morgan fingerprint density at radius 1 is 1.20 bits per heavy atom. The van der Waals surface area contributed by atoms with E-state index >= 15 is 0 Å². The largest absolute Gasteiger partial charge is 0.322 e. The molecule has 2 aromatic rings. The molecule has 132 valence electrons. The molecule has 25 heavy (non-hydrogen) atoms. The van der Waals surface area contributed by atoms with Crippen LogP contribution in [-0.2, 0) is 9.59 Å². The Balaban J connectivity index is 1.83. The van der Waals surface area contributed by atoms with E-state index in [1.54, 1.807) is 25.4 Å². The van der Waals surface area contributed by atoms with Gasteiger partial charge in [0.25, 0.3) is 0 Å². The van der Waals surface area contributed by atoms with Crippen molar-refractivity contribution in [3.63, 3.8) is 0 Å². The minimum absolute atomic E-state index is 0.00517. The van der Waals surface area contributed by atoms with E-state index in [0.29, 0.717) is 10.8 Å². The van der Waals surface area contributed by atoms with Crippen LogP contribution in [0.3, 0.4) is 0 Å². The van der Waals surface area contributed by atoms with Crippen LogP contribution >= 0.6 is 27.5 Å². The molecule has 0 spiro atoms. The molecule has 0 atom stereocenters. The van der Waals surface area contributed by atoms with Crippen molar-refractivity contribution in [1.82, 2.24) is 9.88 Å². The Hall–Kier alpha value is -2.03. The van der Waals surface area contributed by atoms with Crippen molar-refractivity contribution in [3.8, 4) is 0 Å². The van der Waals surface area contributed by atoms with Crippen molar-refractivity contribution in [1.29, 1.82) is 0 Å². The van der Waals surface area contributed by atoms with Gasteiger partial charge < -0.3 is 10.6 Å². The standard InChI is InChI=1S/C16H15BrClFN4O2/c1-23(9-16(25)22-14-5-2-10(17)7-20-14)8-15(24)21-13-6-11(18)3-4-12(13)19/h2-7H,8-9H2,1H3,(H,21,24)(H,20,22,25). The third-order valence-corrected chi connectivity index (χ3v) is 3.73. The molecule has 2 N–H and O–H groups in total. The maximum Gasteiger partial charge on any atom is 0.239 e. The summed E-state index contributed by atoms with van der Waals surface area (Å²) in [6.07, 6.45) is 1.56. The van der Waals surface area contributed by atoms with Gasteiger partial charge in [-0.25, -0.2) is 9.37 Å². The van der Waals surface area contributed by atoms with E-state index in [0.717, 1.165) is 4.47 Å². The summed E-state index contributed by atoms with van der Waals surface area (Å²) in [6.45, 7) is -0.115. The fourth-order valence-corrected chi connectivity index (χ4v) is 2.37. The molecule has 1 heterocycles. The number of carbonyl (C=O) groups is 2. The van der Waals surface area contributed by atoms with Crippen LogP contribution in [0.25, 0.3) is 0 Å². The molecule has 1 aromatic carbocycles. The highest BCUT2D eigenvalue weighted by atomic mass is 79.9. The number of aromatic nitrogens is 1. The van der Waals surface area contributed by atoms with Gasteiger partial charge in [-0.05, 0) is 53.3 Å². The highest BCUT2D eigenvalue weighted by molar-refractivity contribution is 9.10. The molecular formula is C16H15BrClFN4O2. The molecule has 0 unspecified atom stereocenters. The number of nitrogens with one attached hydrogen (secondary N) is 2. The molecule has 0 bridgehead atoms. The second kappa shape index (κ2) is 8.89. The summed E-state index contributed by atoms with van der Waals surface area (Å²) >= 11 is 9.02. The van der Waals surface area contributed by atoms with Gasteiger partial charge in [0.2, 0.25) is 11.8 Å². The van der Waals surface area contributed by atoms with E-state index in [4.69, 9.17) is 11.6 Å². The first kappa shape index (κ1) is 19.3. The topological polar surface area (TPSA) is 74.3 Å². The van der Waals surface area contributed by atoms with E-state index in [2.05, 4.69) is 31.5 Å². The van der Waals surface area contributed by atoms with Gasteiger partial charge in [0.05, 0.1) is 18.8 Å². The molecule has 1 aromatic heterocycles. The number of pyridine rings is 1. The normalized spacial score (nSPS) is 10.6. The van der Waals surface area contributed by atoms with Gasteiger partial charge >= 0.3 is 0 Å². The number of hydrogen-bond acceptors (Lipinski definition) is 4. The molecule has 0 aliphatic rings. The first-order chi connectivity index (χ1) is 11.8. The SMILES string of the molecule is CN(CC(=O)Nc1ccc(Br)cn1)CC(=O)Nc1cc(Cl)ccc1F.